The number of hydrogen-bond donors (Lipinski definition) is 2. The highest BCUT2D eigenvalue weighted by atomic mass is 16.5. The molecule has 0 aliphatic carbocycles. The Morgan fingerprint density at radius 2 is 2.00 bits per heavy atom. The number of benzene rings is 1. The van der Waals surface area contributed by atoms with Crippen LogP contribution in [0.5, 0.6) is 11.5 Å². The number of rotatable bonds is 9. The summed E-state index contributed by atoms with van der Waals surface area (Å²) in [7, 11) is 0. The zero-order chi connectivity index (χ0) is 14.1. The Kier molecular flexibility index (Phi) is 7.30. The monoisotopic (exact) mass is 267 g/mol. The van der Waals surface area contributed by atoms with Crippen molar-refractivity contribution < 1.29 is 14.6 Å². The van der Waals surface area contributed by atoms with Gasteiger partial charge in [-0.05, 0) is 38.1 Å². The van der Waals surface area contributed by atoms with E-state index in [-0.39, 0.29) is 6.10 Å². The van der Waals surface area contributed by atoms with Crippen LogP contribution in [0.15, 0.2) is 18.2 Å². The van der Waals surface area contributed by atoms with E-state index in [1.54, 1.807) is 6.92 Å². The summed E-state index contributed by atoms with van der Waals surface area (Å²) in [6.45, 7) is 8.66. The second kappa shape index (κ2) is 8.77. The molecule has 0 aliphatic rings. The lowest BCUT2D eigenvalue weighted by Gasteiger charge is -2.14. The lowest BCUT2D eigenvalue weighted by molar-refractivity contribution is 0.153. The second-order valence-electron chi connectivity index (χ2n) is 4.48. The highest BCUT2D eigenvalue weighted by molar-refractivity contribution is 5.43. The lowest BCUT2D eigenvalue weighted by atomic mass is 10.2. The van der Waals surface area contributed by atoms with Crippen LogP contribution in [0.4, 0.5) is 0 Å². The first-order chi connectivity index (χ1) is 9.17. The van der Waals surface area contributed by atoms with Crippen molar-refractivity contribution in [2.75, 3.05) is 19.8 Å². The molecule has 4 heteroatoms. The summed E-state index contributed by atoms with van der Waals surface area (Å²) in [4.78, 5) is 0. The van der Waals surface area contributed by atoms with Crippen molar-refractivity contribution in [3.8, 4) is 11.5 Å². The molecule has 0 amide bonds. The maximum absolute atomic E-state index is 9.22. The third-order valence-corrected chi connectivity index (χ3v) is 2.68. The number of nitrogens with one attached hydrogen (secondary N) is 1. The van der Waals surface area contributed by atoms with Gasteiger partial charge in [-0.25, -0.2) is 0 Å². The Bertz CT molecular complexity index is 366. The molecule has 2 N–H and O–H groups in total. The lowest BCUT2D eigenvalue weighted by Crippen LogP contribution is -2.12. The predicted molar refractivity (Wildman–Crippen MR) is 76.8 cm³/mol. The number of aliphatic hydroxyl groups excluding tert-OH is 1. The van der Waals surface area contributed by atoms with Crippen molar-refractivity contribution in [3.05, 3.63) is 23.8 Å². The van der Waals surface area contributed by atoms with Gasteiger partial charge in [0.25, 0.3) is 0 Å². The van der Waals surface area contributed by atoms with E-state index in [4.69, 9.17) is 9.47 Å². The average molecular weight is 267 g/mol. The Morgan fingerprint density at radius 3 is 2.63 bits per heavy atom. The molecule has 0 spiro atoms. The summed E-state index contributed by atoms with van der Waals surface area (Å²) in [5.74, 6) is 1.51. The Balaban J connectivity index is 2.67. The molecule has 4 nitrogen and oxygen atoms in total. The molecular formula is C15H25NO3. The highest BCUT2D eigenvalue weighted by Crippen LogP contribution is 2.28. The molecule has 0 aromatic heterocycles. The highest BCUT2D eigenvalue weighted by Gasteiger charge is 2.07. The fourth-order valence-corrected chi connectivity index (χ4v) is 1.66. The van der Waals surface area contributed by atoms with Crippen LogP contribution >= 0.6 is 0 Å². The third-order valence-electron chi connectivity index (χ3n) is 2.68. The van der Waals surface area contributed by atoms with Gasteiger partial charge in [-0.2, -0.15) is 0 Å². The molecule has 1 aromatic carbocycles. The van der Waals surface area contributed by atoms with Crippen molar-refractivity contribution in [2.45, 2.75) is 39.8 Å². The fourth-order valence-electron chi connectivity index (χ4n) is 1.66. The molecular weight excluding hydrogens is 242 g/mol. The van der Waals surface area contributed by atoms with Gasteiger partial charge < -0.3 is 19.9 Å². The van der Waals surface area contributed by atoms with Crippen LogP contribution in [0, 0.1) is 0 Å². The van der Waals surface area contributed by atoms with Crippen LogP contribution in [0.3, 0.4) is 0 Å². The molecule has 0 fully saturated rings. The van der Waals surface area contributed by atoms with Gasteiger partial charge in [0.05, 0.1) is 19.3 Å². The van der Waals surface area contributed by atoms with E-state index in [0.29, 0.717) is 19.6 Å². The molecule has 0 saturated heterocycles. The molecule has 0 bridgehead atoms. The van der Waals surface area contributed by atoms with Crippen molar-refractivity contribution in [2.24, 2.45) is 0 Å². The molecule has 0 saturated carbocycles. The Labute approximate surface area is 115 Å². The van der Waals surface area contributed by atoms with Crippen molar-refractivity contribution in [3.63, 3.8) is 0 Å². The summed E-state index contributed by atoms with van der Waals surface area (Å²) in [5.41, 5.74) is 1.17. The van der Waals surface area contributed by atoms with Gasteiger partial charge in [0.2, 0.25) is 0 Å². The smallest absolute Gasteiger partial charge is 0.161 e. The largest absolute Gasteiger partial charge is 0.490 e. The minimum Gasteiger partial charge on any atom is -0.490 e. The first-order valence-electron chi connectivity index (χ1n) is 6.94. The van der Waals surface area contributed by atoms with E-state index in [2.05, 4.69) is 12.2 Å². The van der Waals surface area contributed by atoms with Crippen LogP contribution in [0.2, 0.25) is 0 Å². The van der Waals surface area contributed by atoms with Crippen LogP contribution in [-0.2, 0) is 6.54 Å². The zero-order valence-corrected chi connectivity index (χ0v) is 12.1. The molecule has 0 aliphatic heterocycles. The molecule has 1 aromatic rings. The molecule has 0 radical (unpaired) electrons. The quantitative estimate of drug-likeness (QED) is 0.721. The van der Waals surface area contributed by atoms with Crippen molar-refractivity contribution in [1.82, 2.24) is 5.32 Å². The predicted octanol–water partition coefficient (Wildman–Crippen LogP) is 2.34. The van der Waals surface area contributed by atoms with Gasteiger partial charge in [-0.15, -0.1) is 0 Å². The van der Waals surface area contributed by atoms with Crippen LogP contribution in [0.1, 0.15) is 32.8 Å². The van der Waals surface area contributed by atoms with E-state index in [1.165, 1.54) is 5.56 Å². The average Bonchev–Trinajstić information content (AvgIpc) is 2.38. The minimum atomic E-state index is -0.344. The summed E-state index contributed by atoms with van der Waals surface area (Å²) in [5, 5.41) is 12.5. The summed E-state index contributed by atoms with van der Waals surface area (Å²) < 4.78 is 11.3. The SMILES string of the molecule is CCNCc1ccc(OCCC(C)O)c(OCC)c1. The van der Waals surface area contributed by atoms with Gasteiger partial charge in [0, 0.05) is 13.0 Å². The molecule has 108 valence electrons. The summed E-state index contributed by atoms with van der Waals surface area (Å²) >= 11 is 0. The van der Waals surface area contributed by atoms with Gasteiger partial charge >= 0.3 is 0 Å². The van der Waals surface area contributed by atoms with Gasteiger partial charge in [-0.3, -0.25) is 0 Å². The van der Waals surface area contributed by atoms with E-state index in [9.17, 15) is 5.11 Å². The summed E-state index contributed by atoms with van der Waals surface area (Å²) in [6.07, 6.45) is 0.272. The minimum absolute atomic E-state index is 0.344. The van der Waals surface area contributed by atoms with Crippen molar-refractivity contribution >= 4 is 0 Å². The topological polar surface area (TPSA) is 50.7 Å². The normalized spacial score (nSPS) is 12.2. The number of hydrogen-bond acceptors (Lipinski definition) is 4. The number of ether oxygens (including phenoxy) is 2. The standard InChI is InChI=1S/C15H25NO3/c1-4-16-11-13-6-7-14(15(10-13)18-5-2)19-9-8-12(3)17/h6-7,10,12,16-17H,4-5,8-9,11H2,1-3H3. The van der Waals surface area contributed by atoms with E-state index < -0.39 is 0 Å². The molecule has 1 rings (SSSR count). The fraction of sp³-hybridized carbons (Fsp3) is 0.600. The van der Waals surface area contributed by atoms with Crippen LogP contribution < -0.4 is 14.8 Å². The van der Waals surface area contributed by atoms with Gasteiger partial charge in [0.15, 0.2) is 11.5 Å². The molecule has 0 heterocycles. The third kappa shape index (κ3) is 5.94. The van der Waals surface area contributed by atoms with E-state index >= 15 is 0 Å². The first kappa shape index (κ1) is 15.8. The van der Waals surface area contributed by atoms with E-state index in [1.807, 2.05) is 25.1 Å². The second-order valence-corrected chi connectivity index (χ2v) is 4.48. The number of aliphatic hydroxyl groups is 1. The maximum Gasteiger partial charge on any atom is 0.161 e. The first-order valence-corrected chi connectivity index (χ1v) is 6.94. The summed E-state index contributed by atoms with van der Waals surface area (Å²) in [6, 6.07) is 5.96. The Morgan fingerprint density at radius 1 is 1.21 bits per heavy atom. The molecule has 19 heavy (non-hydrogen) atoms. The Hall–Kier alpha value is -1.26. The zero-order valence-electron chi connectivity index (χ0n) is 12.1. The van der Waals surface area contributed by atoms with Gasteiger partial charge in [0.1, 0.15) is 0 Å². The maximum atomic E-state index is 9.22. The molecule has 1 unspecified atom stereocenters. The van der Waals surface area contributed by atoms with Crippen molar-refractivity contribution in [1.29, 1.82) is 0 Å². The van der Waals surface area contributed by atoms with Crippen LogP contribution in [0.25, 0.3) is 0 Å². The van der Waals surface area contributed by atoms with Crippen LogP contribution in [-0.4, -0.2) is 31.0 Å². The van der Waals surface area contributed by atoms with Gasteiger partial charge in [-0.1, -0.05) is 13.0 Å². The molecule has 1 atom stereocenters. The van der Waals surface area contributed by atoms with E-state index in [0.717, 1.165) is 24.6 Å².